The average Bonchev–Trinajstić information content (AvgIpc) is 2.95. The smallest absolute Gasteiger partial charge is 0.260 e. The van der Waals surface area contributed by atoms with Crippen molar-refractivity contribution >= 4 is 21.4 Å². The van der Waals surface area contributed by atoms with Crippen LogP contribution in [0.3, 0.4) is 0 Å². The molecule has 2 rings (SSSR count). The molecule has 8 heteroatoms. The summed E-state index contributed by atoms with van der Waals surface area (Å²) in [6, 6.07) is 1.84. The lowest BCUT2D eigenvalue weighted by Gasteiger charge is -2.04. The van der Waals surface area contributed by atoms with Crippen LogP contribution in [0.1, 0.15) is 16.8 Å². The van der Waals surface area contributed by atoms with E-state index in [0.29, 0.717) is 11.3 Å². The van der Waals surface area contributed by atoms with E-state index in [1.54, 1.807) is 6.92 Å². The van der Waals surface area contributed by atoms with Gasteiger partial charge in [0.05, 0.1) is 6.61 Å². The molecule has 0 saturated heterocycles. The summed E-state index contributed by atoms with van der Waals surface area (Å²) in [4.78, 5) is 0. The van der Waals surface area contributed by atoms with Crippen LogP contribution < -0.4 is 4.72 Å². The van der Waals surface area contributed by atoms with Crippen LogP contribution in [0.4, 0.5) is 0 Å². The van der Waals surface area contributed by atoms with Crippen LogP contribution in [0.25, 0.3) is 0 Å². The summed E-state index contributed by atoms with van der Waals surface area (Å²) in [7, 11) is -3.71. The van der Waals surface area contributed by atoms with E-state index in [0.717, 1.165) is 5.56 Å². The number of thiophene rings is 1. The van der Waals surface area contributed by atoms with Crippen molar-refractivity contribution in [1.82, 2.24) is 14.9 Å². The molecule has 0 fully saturated rings. The number of hydrogen-bond acceptors (Lipinski definition) is 5. The zero-order valence-electron chi connectivity index (χ0n) is 9.67. The predicted molar refractivity (Wildman–Crippen MR) is 67.6 cm³/mol. The van der Waals surface area contributed by atoms with Gasteiger partial charge in [-0.3, -0.25) is 5.10 Å². The van der Waals surface area contributed by atoms with Crippen LogP contribution in [0.2, 0.25) is 0 Å². The van der Waals surface area contributed by atoms with Gasteiger partial charge >= 0.3 is 0 Å². The molecular weight excluding hydrogens is 274 g/mol. The average molecular weight is 287 g/mol. The van der Waals surface area contributed by atoms with Crippen molar-refractivity contribution in [1.29, 1.82) is 0 Å². The molecule has 98 valence electrons. The second kappa shape index (κ2) is 5.19. The maximum Gasteiger partial charge on any atom is 0.260 e. The third kappa shape index (κ3) is 2.61. The number of aromatic amines is 1. The number of aliphatic hydroxyl groups is 1. The maximum absolute atomic E-state index is 12.0. The molecule has 0 radical (unpaired) electrons. The third-order valence-electron chi connectivity index (χ3n) is 2.50. The molecule has 0 aliphatic heterocycles. The van der Waals surface area contributed by atoms with E-state index in [9.17, 15) is 8.42 Å². The lowest BCUT2D eigenvalue weighted by molar-refractivity contribution is 0.277. The van der Waals surface area contributed by atoms with E-state index in [1.807, 2.05) is 16.8 Å². The Morgan fingerprint density at radius 3 is 2.94 bits per heavy atom. The number of nitrogens with zero attached hydrogens (tertiary/aromatic N) is 1. The Labute approximate surface area is 109 Å². The lowest BCUT2D eigenvalue weighted by Crippen LogP contribution is -2.24. The van der Waals surface area contributed by atoms with Gasteiger partial charge in [0.25, 0.3) is 10.0 Å². The van der Waals surface area contributed by atoms with Crippen LogP contribution in [-0.2, 0) is 23.2 Å². The van der Waals surface area contributed by atoms with Gasteiger partial charge < -0.3 is 5.11 Å². The van der Waals surface area contributed by atoms with Gasteiger partial charge in [-0.15, -0.1) is 0 Å². The molecule has 0 aliphatic rings. The van der Waals surface area contributed by atoms with E-state index in [1.165, 1.54) is 11.3 Å². The Morgan fingerprint density at radius 2 is 2.33 bits per heavy atom. The number of aryl methyl sites for hydroxylation is 1. The number of hydrogen-bond donors (Lipinski definition) is 3. The van der Waals surface area contributed by atoms with Gasteiger partial charge in [-0.05, 0) is 29.3 Å². The summed E-state index contributed by atoms with van der Waals surface area (Å²) in [6.45, 7) is 1.51. The van der Waals surface area contributed by atoms with Crippen molar-refractivity contribution in [2.24, 2.45) is 0 Å². The SMILES string of the molecule is Cc1[nH]nc(S(=O)(=O)NCc2ccsc2)c1CO. The highest BCUT2D eigenvalue weighted by Crippen LogP contribution is 2.16. The molecule has 0 aromatic carbocycles. The van der Waals surface area contributed by atoms with Gasteiger partial charge in [0.15, 0.2) is 5.03 Å². The first-order chi connectivity index (χ1) is 8.54. The fourth-order valence-electron chi connectivity index (χ4n) is 1.48. The second-order valence-corrected chi connectivity index (χ2v) is 6.21. The molecule has 18 heavy (non-hydrogen) atoms. The summed E-state index contributed by atoms with van der Waals surface area (Å²) in [5.41, 5.74) is 1.74. The van der Waals surface area contributed by atoms with Gasteiger partial charge in [-0.25, -0.2) is 13.1 Å². The Kier molecular flexibility index (Phi) is 3.81. The Bertz CT molecular complexity index is 617. The molecule has 0 unspecified atom stereocenters. The summed E-state index contributed by atoms with van der Waals surface area (Å²) < 4.78 is 26.5. The Morgan fingerprint density at radius 1 is 1.56 bits per heavy atom. The highest BCUT2D eigenvalue weighted by atomic mass is 32.2. The van der Waals surface area contributed by atoms with Crippen LogP contribution >= 0.6 is 11.3 Å². The van der Waals surface area contributed by atoms with Crippen molar-refractivity contribution in [3.8, 4) is 0 Å². The summed E-state index contributed by atoms with van der Waals surface area (Å²) >= 11 is 1.50. The molecule has 2 heterocycles. The topological polar surface area (TPSA) is 95.1 Å². The predicted octanol–water partition coefficient (Wildman–Crippen LogP) is 0.750. The lowest BCUT2D eigenvalue weighted by atomic mass is 10.3. The number of aliphatic hydroxyl groups excluding tert-OH is 1. The first kappa shape index (κ1) is 13.2. The molecule has 2 aromatic rings. The fraction of sp³-hybridized carbons (Fsp3) is 0.300. The highest BCUT2D eigenvalue weighted by Gasteiger charge is 2.22. The molecule has 0 bridgehead atoms. The first-order valence-electron chi connectivity index (χ1n) is 5.20. The van der Waals surface area contributed by atoms with Crippen molar-refractivity contribution < 1.29 is 13.5 Å². The molecule has 6 nitrogen and oxygen atoms in total. The summed E-state index contributed by atoms with van der Waals surface area (Å²) in [5, 5.41) is 19.0. The summed E-state index contributed by atoms with van der Waals surface area (Å²) in [6.07, 6.45) is 0. The van der Waals surface area contributed by atoms with Crippen LogP contribution in [-0.4, -0.2) is 23.7 Å². The van der Waals surface area contributed by atoms with Crippen LogP contribution in [0.5, 0.6) is 0 Å². The monoisotopic (exact) mass is 287 g/mol. The van der Waals surface area contributed by atoms with Gasteiger partial charge in [0.1, 0.15) is 0 Å². The quantitative estimate of drug-likeness (QED) is 0.756. The minimum atomic E-state index is -3.71. The van der Waals surface area contributed by atoms with Crippen LogP contribution in [0, 0.1) is 6.92 Å². The number of H-pyrrole nitrogens is 1. The molecule has 0 spiro atoms. The standard InChI is InChI=1S/C10H13N3O3S2/c1-7-9(5-14)10(13-12-7)18(15,16)11-4-8-2-3-17-6-8/h2-3,6,11,14H,4-5H2,1H3,(H,12,13). The largest absolute Gasteiger partial charge is 0.392 e. The van der Waals surface area contributed by atoms with E-state index < -0.39 is 10.0 Å². The van der Waals surface area contributed by atoms with Gasteiger partial charge in [0, 0.05) is 17.8 Å². The normalized spacial score (nSPS) is 11.9. The molecular formula is C10H13N3O3S2. The molecule has 0 atom stereocenters. The molecule has 0 aliphatic carbocycles. The van der Waals surface area contributed by atoms with E-state index in [-0.39, 0.29) is 18.2 Å². The zero-order valence-corrected chi connectivity index (χ0v) is 11.3. The zero-order chi connectivity index (χ0) is 13.2. The number of rotatable bonds is 5. The minimum Gasteiger partial charge on any atom is -0.392 e. The Hall–Kier alpha value is -1.22. The van der Waals surface area contributed by atoms with E-state index in [4.69, 9.17) is 5.11 Å². The Balaban J connectivity index is 2.20. The third-order valence-corrected chi connectivity index (χ3v) is 4.60. The highest BCUT2D eigenvalue weighted by molar-refractivity contribution is 7.89. The van der Waals surface area contributed by atoms with E-state index >= 15 is 0 Å². The van der Waals surface area contributed by atoms with Crippen molar-refractivity contribution in [3.63, 3.8) is 0 Å². The van der Waals surface area contributed by atoms with E-state index in [2.05, 4.69) is 14.9 Å². The number of aromatic nitrogens is 2. The van der Waals surface area contributed by atoms with Crippen molar-refractivity contribution in [3.05, 3.63) is 33.6 Å². The molecule has 3 N–H and O–H groups in total. The molecule has 2 aromatic heterocycles. The van der Waals surface area contributed by atoms with Crippen molar-refractivity contribution in [2.75, 3.05) is 0 Å². The minimum absolute atomic E-state index is 0.141. The number of sulfonamides is 1. The fourth-order valence-corrected chi connectivity index (χ4v) is 3.35. The number of nitrogens with one attached hydrogen (secondary N) is 2. The first-order valence-corrected chi connectivity index (χ1v) is 7.62. The van der Waals surface area contributed by atoms with Gasteiger partial charge in [0.2, 0.25) is 0 Å². The summed E-state index contributed by atoms with van der Waals surface area (Å²) in [5.74, 6) is 0. The van der Waals surface area contributed by atoms with Crippen LogP contribution in [0.15, 0.2) is 21.9 Å². The van der Waals surface area contributed by atoms with Crippen molar-refractivity contribution in [2.45, 2.75) is 25.1 Å². The van der Waals surface area contributed by atoms with Gasteiger partial charge in [-0.1, -0.05) is 0 Å². The second-order valence-electron chi connectivity index (χ2n) is 3.75. The van der Waals surface area contributed by atoms with Gasteiger partial charge in [-0.2, -0.15) is 16.4 Å². The molecule has 0 amide bonds. The molecule has 0 saturated carbocycles. The maximum atomic E-state index is 12.0.